The molecule has 1 aromatic heterocycles. The maximum absolute atomic E-state index is 11.3. The number of hydrogen-bond donors (Lipinski definition) is 1. The minimum Gasteiger partial charge on any atom is -0.373 e. The van der Waals surface area contributed by atoms with E-state index in [1.165, 1.54) is 11.3 Å². The van der Waals surface area contributed by atoms with Gasteiger partial charge in [-0.1, -0.05) is 44.0 Å². The van der Waals surface area contributed by atoms with E-state index in [-0.39, 0.29) is 11.1 Å². The van der Waals surface area contributed by atoms with Crippen molar-refractivity contribution in [2.45, 2.75) is 32.7 Å². The zero-order valence-electron chi connectivity index (χ0n) is 12.3. The second-order valence-electron chi connectivity index (χ2n) is 5.79. The van der Waals surface area contributed by atoms with Crippen LogP contribution in [0.25, 0.3) is 0 Å². The fourth-order valence-electron chi connectivity index (χ4n) is 1.89. The first-order valence-corrected chi connectivity index (χ1v) is 8.08. The summed E-state index contributed by atoms with van der Waals surface area (Å²) in [6.45, 7) is 6.32. The predicted octanol–water partition coefficient (Wildman–Crippen LogP) is 5.27. The average molecular weight is 360 g/mol. The number of rotatable bonds is 4. The number of nitro groups is 1. The third-order valence-electron chi connectivity index (χ3n) is 3.10. The van der Waals surface area contributed by atoms with Gasteiger partial charge in [-0.3, -0.25) is 10.1 Å². The molecule has 0 aliphatic heterocycles. The van der Waals surface area contributed by atoms with E-state index in [4.69, 9.17) is 23.2 Å². The molecule has 2 rings (SSSR count). The lowest BCUT2D eigenvalue weighted by atomic mass is 9.86. The van der Waals surface area contributed by atoms with E-state index in [1.54, 1.807) is 18.3 Å². The van der Waals surface area contributed by atoms with Gasteiger partial charge in [-0.25, -0.2) is 4.98 Å². The Balaban J connectivity index is 2.35. The van der Waals surface area contributed by atoms with Gasteiger partial charge in [0.15, 0.2) is 4.47 Å². The number of nitrogens with zero attached hydrogens (tertiary/aromatic N) is 2. The molecule has 0 amide bonds. The van der Waals surface area contributed by atoms with Gasteiger partial charge in [0.05, 0.1) is 16.5 Å². The van der Waals surface area contributed by atoms with Crippen molar-refractivity contribution < 1.29 is 4.92 Å². The molecule has 2 aromatic rings. The maximum Gasteiger partial charge on any atom is 0.294 e. The van der Waals surface area contributed by atoms with Crippen LogP contribution in [0.2, 0.25) is 9.49 Å². The van der Waals surface area contributed by atoms with Gasteiger partial charge in [0.1, 0.15) is 5.69 Å². The molecule has 118 valence electrons. The van der Waals surface area contributed by atoms with E-state index in [2.05, 4.69) is 10.3 Å². The SMILES string of the molecule is CC(C)(C)c1cc(Cl)c(NCc2cnc(Cl)s2)c([N+](=O)[O-])c1. The van der Waals surface area contributed by atoms with E-state index in [9.17, 15) is 10.1 Å². The molecular formula is C14H15Cl2N3O2S. The van der Waals surface area contributed by atoms with Crippen LogP contribution in [0.5, 0.6) is 0 Å². The third kappa shape index (κ3) is 3.88. The molecule has 1 heterocycles. The summed E-state index contributed by atoms with van der Waals surface area (Å²) in [6, 6.07) is 3.32. The topological polar surface area (TPSA) is 68.1 Å². The van der Waals surface area contributed by atoms with Crippen LogP contribution in [0.3, 0.4) is 0 Å². The standard InChI is InChI=1S/C14H15Cl2N3O2S/c1-14(2,3)8-4-10(15)12(11(5-8)19(20)21)17-6-9-7-18-13(16)22-9/h4-5,7,17H,6H2,1-3H3. The summed E-state index contributed by atoms with van der Waals surface area (Å²) < 4.78 is 0.431. The van der Waals surface area contributed by atoms with Crippen LogP contribution >= 0.6 is 34.5 Å². The molecule has 0 saturated heterocycles. The highest BCUT2D eigenvalue weighted by Gasteiger charge is 2.24. The summed E-state index contributed by atoms with van der Waals surface area (Å²) in [5.74, 6) is 0. The molecule has 0 bridgehead atoms. The molecular weight excluding hydrogens is 345 g/mol. The Morgan fingerprint density at radius 2 is 2.05 bits per heavy atom. The second kappa shape index (κ2) is 6.40. The number of nitro benzene ring substituents is 1. The number of hydrogen-bond acceptors (Lipinski definition) is 5. The second-order valence-corrected chi connectivity index (χ2v) is 7.90. The zero-order chi connectivity index (χ0) is 16.5. The lowest BCUT2D eigenvalue weighted by Gasteiger charge is -2.20. The molecule has 0 aliphatic rings. The summed E-state index contributed by atoms with van der Waals surface area (Å²) in [7, 11) is 0. The lowest BCUT2D eigenvalue weighted by molar-refractivity contribution is -0.384. The molecule has 0 fully saturated rings. The highest BCUT2D eigenvalue weighted by atomic mass is 35.5. The van der Waals surface area contributed by atoms with Crippen molar-refractivity contribution in [2.24, 2.45) is 0 Å². The fourth-order valence-corrected chi connectivity index (χ4v) is 3.08. The largest absolute Gasteiger partial charge is 0.373 e. The number of nitrogens with one attached hydrogen (secondary N) is 1. The molecule has 0 radical (unpaired) electrons. The van der Waals surface area contributed by atoms with Crippen LogP contribution in [0, 0.1) is 10.1 Å². The van der Waals surface area contributed by atoms with Crippen molar-refractivity contribution in [1.29, 1.82) is 0 Å². The van der Waals surface area contributed by atoms with E-state index in [0.29, 0.717) is 21.7 Å². The van der Waals surface area contributed by atoms with Crippen molar-refractivity contribution in [3.8, 4) is 0 Å². The van der Waals surface area contributed by atoms with E-state index >= 15 is 0 Å². The van der Waals surface area contributed by atoms with Crippen molar-refractivity contribution in [3.63, 3.8) is 0 Å². The van der Waals surface area contributed by atoms with Crippen molar-refractivity contribution in [1.82, 2.24) is 4.98 Å². The lowest BCUT2D eigenvalue weighted by Crippen LogP contribution is -2.12. The minimum atomic E-state index is -0.427. The van der Waals surface area contributed by atoms with Crippen LogP contribution in [-0.2, 0) is 12.0 Å². The number of aromatic nitrogens is 1. The molecule has 0 atom stereocenters. The molecule has 5 nitrogen and oxygen atoms in total. The fraction of sp³-hybridized carbons (Fsp3) is 0.357. The Bertz CT molecular complexity index is 711. The monoisotopic (exact) mass is 359 g/mol. The summed E-state index contributed by atoms with van der Waals surface area (Å²) in [4.78, 5) is 15.7. The molecule has 8 heteroatoms. The molecule has 0 saturated carbocycles. The van der Waals surface area contributed by atoms with Crippen molar-refractivity contribution in [3.05, 3.63) is 48.4 Å². The van der Waals surface area contributed by atoms with E-state index in [0.717, 1.165) is 10.4 Å². The van der Waals surface area contributed by atoms with Gasteiger partial charge in [-0.2, -0.15) is 0 Å². The molecule has 0 spiro atoms. The van der Waals surface area contributed by atoms with Crippen molar-refractivity contribution in [2.75, 3.05) is 5.32 Å². The summed E-state index contributed by atoms with van der Waals surface area (Å²) in [5, 5.41) is 14.7. The normalized spacial score (nSPS) is 11.5. The minimum absolute atomic E-state index is 0.0342. The maximum atomic E-state index is 11.3. The Morgan fingerprint density at radius 1 is 1.36 bits per heavy atom. The third-order valence-corrected chi connectivity index (χ3v) is 4.51. The van der Waals surface area contributed by atoms with Gasteiger partial charge < -0.3 is 5.32 Å². The van der Waals surface area contributed by atoms with Crippen LogP contribution < -0.4 is 5.32 Å². The van der Waals surface area contributed by atoms with Gasteiger partial charge in [0.2, 0.25) is 0 Å². The Hall–Kier alpha value is -1.37. The molecule has 1 N–H and O–H groups in total. The van der Waals surface area contributed by atoms with Crippen LogP contribution in [-0.4, -0.2) is 9.91 Å². The molecule has 22 heavy (non-hydrogen) atoms. The Morgan fingerprint density at radius 3 is 2.55 bits per heavy atom. The number of benzene rings is 1. The first kappa shape index (κ1) is 17.0. The highest BCUT2D eigenvalue weighted by Crippen LogP contribution is 2.38. The Labute approximate surface area is 142 Å². The van der Waals surface area contributed by atoms with Crippen LogP contribution in [0.1, 0.15) is 31.2 Å². The van der Waals surface area contributed by atoms with E-state index in [1.807, 2.05) is 20.8 Å². The van der Waals surface area contributed by atoms with Gasteiger partial charge in [0.25, 0.3) is 5.69 Å². The Kier molecular flexibility index (Phi) is 4.94. The molecule has 0 aliphatic carbocycles. The molecule has 1 aromatic carbocycles. The number of thiazole rings is 1. The predicted molar refractivity (Wildman–Crippen MR) is 91.3 cm³/mol. The summed E-state index contributed by atoms with van der Waals surface area (Å²) >= 11 is 13.3. The summed E-state index contributed by atoms with van der Waals surface area (Å²) in [5.41, 5.74) is 0.866. The van der Waals surface area contributed by atoms with Gasteiger partial charge in [-0.05, 0) is 17.0 Å². The number of anilines is 1. The summed E-state index contributed by atoms with van der Waals surface area (Å²) in [6.07, 6.45) is 1.63. The first-order chi connectivity index (χ1) is 10.2. The highest BCUT2D eigenvalue weighted by molar-refractivity contribution is 7.15. The molecule has 0 unspecified atom stereocenters. The average Bonchev–Trinajstić information content (AvgIpc) is 2.81. The smallest absolute Gasteiger partial charge is 0.294 e. The van der Waals surface area contributed by atoms with Gasteiger partial charge in [-0.15, -0.1) is 11.3 Å². The van der Waals surface area contributed by atoms with Crippen molar-refractivity contribution >= 4 is 45.9 Å². The van der Waals surface area contributed by atoms with Gasteiger partial charge in [0, 0.05) is 17.1 Å². The van der Waals surface area contributed by atoms with Gasteiger partial charge >= 0.3 is 0 Å². The first-order valence-electron chi connectivity index (χ1n) is 6.51. The van der Waals surface area contributed by atoms with Crippen LogP contribution in [0.4, 0.5) is 11.4 Å². The number of halogens is 2. The van der Waals surface area contributed by atoms with Crippen LogP contribution in [0.15, 0.2) is 18.3 Å². The zero-order valence-corrected chi connectivity index (χ0v) is 14.6. The quantitative estimate of drug-likeness (QED) is 0.596. The van der Waals surface area contributed by atoms with E-state index < -0.39 is 4.92 Å².